The van der Waals surface area contributed by atoms with Crippen LogP contribution in [0.3, 0.4) is 0 Å². The molecule has 0 bridgehead atoms. The molecule has 5 nitrogen and oxygen atoms in total. The van der Waals surface area contributed by atoms with Gasteiger partial charge in [0.2, 0.25) is 0 Å². The number of carbonyl (C=O) groups is 1. The first kappa shape index (κ1) is 24.5. The molecule has 1 amide bonds. The van der Waals surface area contributed by atoms with E-state index >= 15 is 0 Å². The van der Waals surface area contributed by atoms with Crippen molar-refractivity contribution in [3.8, 4) is 0 Å². The van der Waals surface area contributed by atoms with E-state index in [1.807, 2.05) is 19.0 Å². The summed E-state index contributed by atoms with van der Waals surface area (Å²) in [6.07, 6.45) is 4.67. The number of aryl methyl sites for hydroxylation is 1. The Hall–Kier alpha value is -1.72. The zero-order valence-corrected chi connectivity index (χ0v) is 20.1. The van der Waals surface area contributed by atoms with E-state index in [-0.39, 0.29) is 45.7 Å². The number of nitrogens with zero attached hydrogens (tertiary/aromatic N) is 3. The van der Waals surface area contributed by atoms with Gasteiger partial charge in [0.05, 0.1) is 0 Å². The fraction of sp³-hybridized carbons (Fsp3) is 0.476. The van der Waals surface area contributed by atoms with Crippen molar-refractivity contribution in [1.29, 1.82) is 0 Å². The largest absolute Gasteiger partial charge is 0.147 e. The normalized spacial score (nSPS) is 18.8. The molecule has 30 heavy (non-hydrogen) atoms. The van der Waals surface area contributed by atoms with Crippen molar-refractivity contribution in [2.75, 3.05) is 19.0 Å². The molecule has 0 unspecified atom stereocenters. The van der Waals surface area contributed by atoms with Gasteiger partial charge in [0.1, 0.15) is 0 Å². The summed E-state index contributed by atoms with van der Waals surface area (Å²) in [6.45, 7) is 2.07. The Morgan fingerprint density at radius 3 is 2.43 bits per heavy atom. The van der Waals surface area contributed by atoms with Crippen molar-refractivity contribution in [3.05, 3.63) is 47.3 Å². The van der Waals surface area contributed by atoms with Crippen LogP contribution < -0.4 is 14.7 Å². The van der Waals surface area contributed by atoms with Crippen LogP contribution in [-0.4, -0.2) is 51.8 Å². The Balaban J connectivity index is 0.00000320. The van der Waals surface area contributed by atoms with Gasteiger partial charge in [0.25, 0.3) is 0 Å². The number of carbonyl (C=O) groups excluding carboxylic acids is 1. The molecule has 1 aliphatic rings. The molecule has 0 aliphatic heterocycles. The quantitative estimate of drug-likeness (QED) is 0.620. The number of halogens is 3. The van der Waals surface area contributed by atoms with E-state index in [1.54, 1.807) is 0 Å². The van der Waals surface area contributed by atoms with Gasteiger partial charge in [-0.2, -0.15) is 0 Å². The van der Waals surface area contributed by atoms with Crippen LogP contribution >= 0.6 is 12.4 Å². The van der Waals surface area contributed by atoms with Gasteiger partial charge in [0, 0.05) is 0 Å². The molecule has 0 atom stereocenters. The summed E-state index contributed by atoms with van der Waals surface area (Å²) >= 11 is -0.0665. The summed E-state index contributed by atoms with van der Waals surface area (Å²) in [5.74, 6) is -0.458. The van der Waals surface area contributed by atoms with Gasteiger partial charge < -0.3 is 0 Å². The molecule has 1 radical (unpaired) electrons. The molecule has 0 saturated heterocycles. The Morgan fingerprint density at radius 2 is 1.83 bits per heavy atom. The number of rotatable bonds is 6. The number of benzene rings is 1. The van der Waals surface area contributed by atoms with E-state index in [1.165, 1.54) is 6.07 Å². The van der Waals surface area contributed by atoms with Gasteiger partial charge in [-0.1, -0.05) is 0 Å². The number of amides is 1. The van der Waals surface area contributed by atoms with Gasteiger partial charge in [-0.05, 0) is 0 Å². The van der Waals surface area contributed by atoms with Gasteiger partial charge in [-0.25, -0.2) is 0 Å². The third-order valence-corrected chi connectivity index (χ3v) is 7.93. The third-order valence-electron chi connectivity index (χ3n) is 5.05. The average Bonchev–Trinajstić information content (AvgIpc) is 2.71. The molecular weight excluding hydrogens is 473 g/mol. The summed E-state index contributed by atoms with van der Waals surface area (Å²) in [4.78, 5) is 23.6. The van der Waals surface area contributed by atoms with Crippen LogP contribution in [0, 0.1) is 11.6 Å². The van der Waals surface area contributed by atoms with Crippen LogP contribution in [0.5, 0.6) is 0 Å². The average molecular weight is 500 g/mol. The van der Waals surface area contributed by atoms with Crippen molar-refractivity contribution >= 4 is 44.4 Å². The summed E-state index contributed by atoms with van der Waals surface area (Å²) in [5, 5.41) is 2.96. The maximum atomic E-state index is 13.3. The van der Waals surface area contributed by atoms with Crippen LogP contribution in [0.25, 0.3) is 0 Å². The monoisotopic (exact) mass is 499 g/mol. The fourth-order valence-corrected chi connectivity index (χ4v) is 6.08. The summed E-state index contributed by atoms with van der Waals surface area (Å²) < 4.78 is 28.2. The Bertz CT molecular complexity index is 876. The predicted molar refractivity (Wildman–Crippen MR) is 118 cm³/mol. The molecule has 1 heterocycles. The second-order valence-electron chi connectivity index (χ2n) is 7.49. The summed E-state index contributed by atoms with van der Waals surface area (Å²) in [6, 6.07) is 5.41. The third kappa shape index (κ3) is 6.39. The first-order valence-electron chi connectivity index (χ1n) is 9.87. The molecule has 1 aromatic carbocycles. The molecule has 3 rings (SSSR count). The van der Waals surface area contributed by atoms with Gasteiger partial charge in [-0.15, -0.1) is 12.4 Å². The Labute approximate surface area is 189 Å². The Morgan fingerprint density at radius 1 is 1.13 bits per heavy atom. The van der Waals surface area contributed by atoms with Crippen LogP contribution in [0.15, 0.2) is 24.3 Å². The minimum absolute atomic E-state index is 0. The van der Waals surface area contributed by atoms with E-state index in [2.05, 4.69) is 23.3 Å². The van der Waals surface area contributed by atoms with E-state index in [9.17, 15) is 13.6 Å². The van der Waals surface area contributed by atoms with Gasteiger partial charge in [0.15, 0.2) is 0 Å². The molecule has 9 heteroatoms. The maximum absolute atomic E-state index is 13.3. The smallest absolute Gasteiger partial charge is 0.147 e. The zero-order valence-electron chi connectivity index (χ0n) is 17.4. The number of hydrogen-bond acceptors (Lipinski definition) is 4. The minimum Gasteiger partial charge on any atom is -0.147 e. The fourth-order valence-electron chi connectivity index (χ4n) is 3.37. The molecule has 1 aliphatic carbocycles. The van der Waals surface area contributed by atoms with Gasteiger partial charge >= 0.3 is 177 Å². The Kier molecular flexibility index (Phi) is 9.05. The van der Waals surface area contributed by atoms with Crippen LogP contribution in [0.4, 0.5) is 14.6 Å². The van der Waals surface area contributed by atoms with Crippen molar-refractivity contribution in [3.63, 3.8) is 0 Å². The first-order valence-corrected chi connectivity index (χ1v) is 11.9. The molecule has 1 N–H and O–H groups in total. The van der Waals surface area contributed by atoms with Crippen molar-refractivity contribution in [2.24, 2.45) is 0 Å². The summed E-state index contributed by atoms with van der Waals surface area (Å²) in [5.41, 5.74) is 0.154. The first-order chi connectivity index (χ1) is 13.9. The van der Waals surface area contributed by atoms with E-state index < -0.39 is 11.6 Å². The predicted octanol–water partition coefficient (Wildman–Crippen LogP) is 3.30. The topological polar surface area (TPSA) is 58.1 Å². The van der Waals surface area contributed by atoms with Crippen molar-refractivity contribution in [2.45, 2.75) is 49.8 Å². The second kappa shape index (κ2) is 11.1. The molecule has 1 aromatic heterocycles. The molecule has 1 saturated carbocycles. The summed E-state index contributed by atoms with van der Waals surface area (Å²) in [7, 11) is 3.98. The van der Waals surface area contributed by atoms with Crippen LogP contribution in [0.1, 0.15) is 48.8 Å². The minimum atomic E-state index is -1.00. The van der Waals surface area contributed by atoms with Crippen molar-refractivity contribution in [1.82, 2.24) is 15.3 Å². The number of anilines is 1. The zero-order chi connectivity index (χ0) is 21.0. The number of aromatic nitrogens is 2. The molecule has 2 aromatic rings. The maximum Gasteiger partial charge on any atom is -0.147 e. The molecule has 163 valence electrons. The van der Waals surface area contributed by atoms with E-state index in [4.69, 9.17) is 4.98 Å². The van der Waals surface area contributed by atoms with Crippen LogP contribution in [0.2, 0.25) is 4.71 Å². The van der Waals surface area contributed by atoms with E-state index in [0.29, 0.717) is 4.71 Å². The number of hydrogen-bond donors (Lipinski definition) is 1. The number of nitrogens with one attached hydrogen (secondary N) is 1. The van der Waals surface area contributed by atoms with Gasteiger partial charge in [-0.3, -0.25) is 0 Å². The SMILES string of the molecule is CCc1nc([As]C2CCC(NC(=O)c3ccc(F)c(F)c3)CC2)cc(N(C)C)n1.Cl. The molecular formula is C21H27AsClF2N4O. The van der Waals surface area contributed by atoms with E-state index in [0.717, 1.165) is 60.4 Å². The molecule has 1 fully saturated rings. The van der Waals surface area contributed by atoms with Crippen LogP contribution in [-0.2, 0) is 6.42 Å². The van der Waals surface area contributed by atoms with Crippen molar-refractivity contribution < 1.29 is 13.6 Å². The molecule has 0 spiro atoms. The second-order valence-corrected chi connectivity index (χ2v) is 10.5. The standard InChI is InChI=1S/C21H26AsF2N4O.ClH/c1-4-19-26-18(12-20(27-19)28(2)3)22-14-6-8-15(9-7-14)25-21(29)13-5-10-16(23)17(24)11-13;/h5,10-12,14-15H,4,6-9H2,1-3H3,(H,25,29);1H.